The van der Waals surface area contributed by atoms with Crippen LogP contribution < -0.4 is 4.74 Å². The molecule has 27 heavy (non-hydrogen) atoms. The van der Waals surface area contributed by atoms with Gasteiger partial charge in [0.2, 0.25) is 0 Å². The van der Waals surface area contributed by atoms with E-state index in [1.165, 1.54) is 0 Å². The zero-order chi connectivity index (χ0) is 20.7. The SMILES string of the molecule is COc1ccc(COC[C@@H](C)[C@@H](O[Si](C)(C)C(C)(C)C)[C@@H](C)CCO)cc1. The van der Waals surface area contributed by atoms with Crippen molar-refractivity contribution in [1.29, 1.82) is 0 Å². The van der Waals surface area contributed by atoms with E-state index in [0.29, 0.717) is 19.1 Å². The van der Waals surface area contributed by atoms with Crippen LogP contribution in [0.2, 0.25) is 18.1 Å². The number of rotatable bonds is 11. The predicted octanol–water partition coefficient (Wildman–Crippen LogP) is 5.26. The molecule has 0 aliphatic rings. The third-order valence-corrected chi connectivity index (χ3v) is 10.2. The Balaban J connectivity index is 2.70. The maximum absolute atomic E-state index is 9.41. The molecule has 0 saturated heterocycles. The van der Waals surface area contributed by atoms with E-state index in [-0.39, 0.29) is 23.7 Å². The van der Waals surface area contributed by atoms with E-state index in [1.54, 1.807) is 7.11 Å². The monoisotopic (exact) mass is 396 g/mol. The van der Waals surface area contributed by atoms with E-state index in [0.717, 1.165) is 17.7 Å². The second-order valence-electron chi connectivity index (χ2n) is 9.17. The molecule has 0 heterocycles. The fraction of sp³-hybridized carbons (Fsp3) is 0.727. The van der Waals surface area contributed by atoms with Gasteiger partial charge >= 0.3 is 0 Å². The molecule has 1 N–H and O–H groups in total. The summed E-state index contributed by atoms with van der Waals surface area (Å²) < 4.78 is 17.9. The minimum atomic E-state index is -1.89. The van der Waals surface area contributed by atoms with Gasteiger partial charge in [-0.15, -0.1) is 0 Å². The Morgan fingerprint density at radius 3 is 2.11 bits per heavy atom. The fourth-order valence-corrected chi connectivity index (χ4v) is 4.36. The largest absolute Gasteiger partial charge is 0.497 e. The molecule has 0 spiro atoms. The van der Waals surface area contributed by atoms with Gasteiger partial charge < -0.3 is 19.0 Å². The van der Waals surface area contributed by atoms with Crippen LogP contribution in [0.5, 0.6) is 5.75 Å². The van der Waals surface area contributed by atoms with Gasteiger partial charge in [0.25, 0.3) is 0 Å². The molecule has 0 amide bonds. The fourth-order valence-electron chi connectivity index (χ4n) is 2.86. The molecule has 5 heteroatoms. The highest BCUT2D eigenvalue weighted by molar-refractivity contribution is 6.74. The van der Waals surface area contributed by atoms with Crippen LogP contribution in [0.15, 0.2) is 24.3 Å². The summed E-state index contributed by atoms with van der Waals surface area (Å²) in [5.74, 6) is 1.41. The maximum Gasteiger partial charge on any atom is 0.192 e. The molecule has 0 aliphatic carbocycles. The van der Waals surface area contributed by atoms with Gasteiger partial charge in [0, 0.05) is 12.5 Å². The van der Waals surface area contributed by atoms with Gasteiger partial charge in [0.15, 0.2) is 8.32 Å². The normalized spacial score (nSPS) is 16.0. The minimum Gasteiger partial charge on any atom is -0.497 e. The van der Waals surface area contributed by atoms with E-state index < -0.39 is 8.32 Å². The summed E-state index contributed by atoms with van der Waals surface area (Å²) in [6.45, 7) is 17.1. The maximum atomic E-state index is 9.41. The van der Waals surface area contributed by atoms with Crippen LogP contribution in [0, 0.1) is 11.8 Å². The summed E-state index contributed by atoms with van der Waals surface area (Å²) in [7, 11) is -0.217. The van der Waals surface area contributed by atoms with Gasteiger partial charge in [-0.05, 0) is 48.2 Å². The lowest BCUT2D eigenvalue weighted by Gasteiger charge is -2.42. The molecule has 1 aromatic rings. The van der Waals surface area contributed by atoms with E-state index in [2.05, 4.69) is 47.7 Å². The van der Waals surface area contributed by atoms with Gasteiger partial charge in [-0.1, -0.05) is 46.8 Å². The highest BCUT2D eigenvalue weighted by Gasteiger charge is 2.41. The second kappa shape index (κ2) is 10.6. The molecule has 0 aromatic heterocycles. The predicted molar refractivity (Wildman–Crippen MR) is 115 cm³/mol. The molecule has 4 nitrogen and oxygen atoms in total. The molecule has 156 valence electrons. The molecule has 0 aliphatic heterocycles. The number of hydrogen-bond acceptors (Lipinski definition) is 4. The Hall–Kier alpha value is -0.883. The topological polar surface area (TPSA) is 47.9 Å². The first kappa shape index (κ1) is 24.2. The van der Waals surface area contributed by atoms with Gasteiger partial charge in [-0.25, -0.2) is 0 Å². The summed E-state index contributed by atoms with van der Waals surface area (Å²) >= 11 is 0. The summed E-state index contributed by atoms with van der Waals surface area (Å²) in [6, 6.07) is 7.96. The number of methoxy groups -OCH3 is 1. The Kier molecular flexibility index (Phi) is 9.49. The van der Waals surface area contributed by atoms with Crippen molar-refractivity contribution in [3.63, 3.8) is 0 Å². The van der Waals surface area contributed by atoms with Gasteiger partial charge in [0.05, 0.1) is 26.4 Å². The first-order valence-corrected chi connectivity index (χ1v) is 12.9. The van der Waals surface area contributed by atoms with Crippen molar-refractivity contribution in [2.75, 3.05) is 20.3 Å². The average molecular weight is 397 g/mol. The van der Waals surface area contributed by atoms with E-state index in [4.69, 9.17) is 13.9 Å². The van der Waals surface area contributed by atoms with Crippen molar-refractivity contribution >= 4 is 8.32 Å². The summed E-state index contributed by atoms with van der Waals surface area (Å²) in [5.41, 5.74) is 1.13. The van der Waals surface area contributed by atoms with E-state index in [9.17, 15) is 5.11 Å². The number of benzene rings is 1. The second-order valence-corrected chi connectivity index (χ2v) is 13.9. The third-order valence-electron chi connectivity index (χ3n) is 5.75. The lowest BCUT2D eigenvalue weighted by Crippen LogP contribution is -2.48. The molecule has 0 unspecified atom stereocenters. The Bertz CT molecular complexity index is 536. The van der Waals surface area contributed by atoms with Crippen molar-refractivity contribution in [2.24, 2.45) is 11.8 Å². The quantitative estimate of drug-likeness (QED) is 0.519. The molecule has 0 radical (unpaired) electrons. The van der Waals surface area contributed by atoms with E-state index in [1.807, 2.05) is 24.3 Å². The van der Waals surface area contributed by atoms with Gasteiger partial charge in [0.1, 0.15) is 5.75 Å². The van der Waals surface area contributed by atoms with Crippen molar-refractivity contribution in [3.8, 4) is 5.75 Å². The smallest absolute Gasteiger partial charge is 0.192 e. The van der Waals surface area contributed by atoms with Crippen LogP contribution in [-0.2, 0) is 15.8 Å². The van der Waals surface area contributed by atoms with Crippen LogP contribution in [0.3, 0.4) is 0 Å². The number of hydrogen-bond donors (Lipinski definition) is 1. The molecule has 0 bridgehead atoms. The average Bonchev–Trinajstić information content (AvgIpc) is 2.59. The first-order valence-electron chi connectivity index (χ1n) is 10.0. The molecule has 0 saturated carbocycles. The molecule has 0 fully saturated rings. The lowest BCUT2D eigenvalue weighted by atomic mass is 9.92. The summed E-state index contributed by atoms with van der Waals surface area (Å²) in [6.07, 6.45) is 0.844. The van der Waals surface area contributed by atoms with Crippen LogP contribution in [0.1, 0.15) is 46.6 Å². The van der Waals surface area contributed by atoms with Crippen molar-refractivity contribution in [3.05, 3.63) is 29.8 Å². The van der Waals surface area contributed by atoms with Crippen LogP contribution in [0.4, 0.5) is 0 Å². The van der Waals surface area contributed by atoms with Crippen molar-refractivity contribution < 1.29 is 19.0 Å². The van der Waals surface area contributed by atoms with Gasteiger partial charge in [-0.2, -0.15) is 0 Å². The standard InChI is InChI=1S/C22H40O4Si/c1-17(13-14-23)21(26-27(7,8)22(3,4)5)18(2)15-25-16-19-9-11-20(24-6)12-10-19/h9-12,17-18,21,23H,13-16H2,1-8H3/t17-,18+,21-/m0/s1. The number of aliphatic hydroxyl groups is 1. The molecule has 1 rings (SSSR count). The molecule has 3 atom stereocenters. The third kappa shape index (κ3) is 7.57. The van der Waals surface area contributed by atoms with Gasteiger partial charge in [-0.3, -0.25) is 0 Å². The summed E-state index contributed by atoms with van der Waals surface area (Å²) in [5, 5.41) is 9.57. The first-order chi connectivity index (χ1) is 12.5. The molecular formula is C22H40O4Si. The Morgan fingerprint density at radius 2 is 1.63 bits per heavy atom. The minimum absolute atomic E-state index is 0.0916. The van der Waals surface area contributed by atoms with Crippen LogP contribution in [0.25, 0.3) is 0 Å². The van der Waals surface area contributed by atoms with Crippen molar-refractivity contribution in [2.45, 2.75) is 71.9 Å². The van der Waals surface area contributed by atoms with E-state index >= 15 is 0 Å². The Morgan fingerprint density at radius 1 is 1.04 bits per heavy atom. The highest BCUT2D eigenvalue weighted by atomic mass is 28.4. The van der Waals surface area contributed by atoms with Crippen molar-refractivity contribution in [1.82, 2.24) is 0 Å². The molecule has 1 aromatic carbocycles. The lowest BCUT2D eigenvalue weighted by molar-refractivity contribution is 0.00564. The number of ether oxygens (including phenoxy) is 2. The number of aliphatic hydroxyl groups excluding tert-OH is 1. The van der Waals surface area contributed by atoms with Crippen LogP contribution >= 0.6 is 0 Å². The van der Waals surface area contributed by atoms with Crippen LogP contribution in [-0.4, -0.2) is 39.9 Å². The Labute approximate surface area is 167 Å². The zero-order valence-corrected chi connectivity index (χ0v) is 19.5. The molecular weight excluding hydrogens is 356 g/mol. The highest BCUT2D eigenvalue weighted by Crippen LogP contribution is 2.39. The zero-order valence-electron chi connectivity index (χ0n) is 18.5. The summed E-state index contributed by atoms with van der Waals surface area (Å²) in [4.78, 5) is 0.